The summed E-state index contributed by atoms with van der Waals surface area (Å²) in [6.45, 7) is 6.18. The Balaban J connectivity index is 1.46. The number of carbonyl (C=O) groups is 1. The van der Waals surface area contributed by atoms with E-state index >= 15 is 0 Å². The standard InChI is InChI=1S/C24H30N4O2/c1-17(2)21(22-26-19-10-6-7-11-20(19)27-22)28-23(29)25-16-24(12-14-30-15-13-24)18-8-4-3-5-9-18/h3-11,17,21H,12-16H2,1-2H3,(H,26,27)(H2,25,28,29). The molecule has 2 amide bonds. The fraction of sp³-hybridized carbons (Fsp3) is 0.417. The van der Waals surface area contributed by atoms with Crippen molar-refractivity contribution in [3.05, 3.63) is 66.0 Å². The van der Waals surface area contributed by atoms with Crippen molar-refractivity contribution in [2.75, 3.05) is 19.8 Å². The van der Waals surface area contributed by atoms with Crippen molar-refractivity contribution >= 4 is 17.1 Å². The summed E-state index contributed by atoms with van der Waals surface area (Å²) >= 11 is 0. The van der Waals surface area contributed by atoms with Crippen LogP contribution in [-0.2, 0) is 10.2 Å². The first kappa shape index (κ1) is 20.4. The third-order valence-electron chi connectivity index (χ3n) is 6.08. The lowest BCUT2D eigenvalue weighted by Gasteiger charge is -2.38. The lowest BCUT2D eigenvalue weighted by Crippen LogP contribution is -2.48. The highest BCUT2D eigenvalue weighted by Crippen LogP contribution is 2.34. The minimum absolute atomic E-state index is 0.0937. The smallest absolute Gasteiger partial charge is 0.315 e. The summed E-state index contributed by atoms with van der Waals surface area (Å²) in [5, 5.41) is 6.26. The van der Waals surface area contributed by atoms with Crippen LogP contribution in [0, 0.1) is 5.92 Å². The van der Waals surface area contributed by atoms with E-state index in [1.54, 1.807) is 0 Å². The summed E-state index contributed by atoms with van der Waals surface area (Å²) in [5.41, 5.74) is 3.05. The quantitative estimate of drug-likeness (QED) is 0.571. The van der Waals surface area contributed by atoms with Gasteiger partial charge < -0.3 is 20.4 Å². The molecule has 4 rings (SSSR count). The SMILES string of the molecule is CC(C)C(NC(=O)NCC1(c2ccccc2)CCOCC1)c1nc2ccccc2[nH]1. The van der Waals surface area contributed by atoms with Crippen LogP contribution in [0.1, 0.15) is 44.1 Å². The summed E-state index contributed by atoms with van der Waals surface area (Å²) in [6, 6.07) is 18.0. The molecule has 0 saturated carbocycles. The van der Waals surface area contributed by atoms with Crippen molar-refractivity contribution in [3.63, 3.8) is 0 Å². The molecule has 1 unspecified atom stereocenters. The third kappa shape index (κ3) is 4.33. The Morgan fingerprint density at radius 2 is 1.80 bits per heavy atom. The fourth-order valence-corrected chi connectivity index (χ4v) is 4.23. The Morgan fingerprint density at radius 1 is 1.10 bits per heavy atom. The van der Waals surface area contributed by atoms with Crippen LogP contribution in [0.3, 0.4) is 0 Å². The van der Waals surface area contributed by atoms with E-state index in [-0.39, 0.29) is 23.4 Å². The van der Waals surface area contributed by atoms with E-state index in [9.17, 15) is 4.79 Å². The zero-order valence-electron chi connectivity index (χ0n) is 17.7. The summed E-state index contributed by atoms with van der Waals surface area (Å²) in [5.74, 6) is 0.979. The number of para-hydroxylation sites is 2. The summed E-state index contributed by atoms with van der Waals surface area (Å²) in [7, 11) is 0. The zero-order valence-corrected chi connectivity index (χ0v) is 17.7. The number of ether oxygens (including phenoxy) is 1. The molecule has 0 radical (unpaired) electrons. The highest BCUT2D eigenvalue weighted by atomic mass is 16.5. The second-order valence-electron chi connectivity index (χ2n) is 8.45. The van der Waals surface area contributed by atoms with E-state index in [1.807, 2.05) is 30.3 Å². The minimum Gasteiger partial charge on any atom is -0.381 e. The van der Waals surface area contributed by atoms with Gasteiger partial charge in [0.2, 0.25) is 0 Å². The van der Waals surface area contributed by atoms with Gasteiger partial charge in [-0.1, -0.05) is 56.3 Å². The topological polar surface area (TPSA) is 79.0 Å². The molecule has 6 nitrogen and oxygen atoms in total. The predicted molar refractivity (Wildman–Crippen MR) is 118 cm³/mol. The average Bonchev–Trinajstić information content (AvgIpc) is 3.21. The van der Waals surface area contributed by atoms with Crippen LogP contribution in [0.4, 0.5) is 4.79 Å². The summed E-state index contributed by atoms with van der Waals surface area (Å²) < 4.78 is 5.59. The van der Waals surface area contributed by atoms with Crippen molar-refractivity contribution in [2.24, 2.45) is 5.92 Å². The predicted octanol–water partition coefficient (Wildman–Crippen LogP) is 4.31. The molecule has 2 aromatic carbocycles. The van der Waals surface area contributed by atoms with Gasteiger partial charge >= 0.3 is 6.03 Å². The number of aromatic nitrogens is 2. The molecule has 6 heteroatoms. The highest BCUT2D eigenvalue weighted by molar-refractivity contribution is 5.76. The Kier molecular flexibility index (Phi) is 6.04. The molecule has 1 aromatic heterocycles. The average molecular weight is 407 g/mol. The fourth-order valence-electron chi connectivity index (χ4n) is 4.23. The molecular weight excluding hydrogens is 376 g/mol. The van der Waals surface area contributed by atoms with E-state index in [0.717, 1.165) is 29.7 Å². The van der Waals surface area contributed by atoms with Gasteiger partial charge in [-0.3, -0.25) is 0 Å². The Labute approximate surface area is 177 Å². The monoisotopic (exact) mass is 406 g/mol. The molecule has 3 aromatic rings. The molecule has 1 saturated heterocycles. The van der Waals surface area contributed by atoms with Crippen LogP contribution in [0.15, 0.2) is 54.6 Å². The molecule has 1 aliphatic rings. The first-order valence-electron chi connectivity index (χ1n) is 10.7. The molecule has 30 heavy (non-hydrogen) atoms. The lowest BCUT2D eigenvalue weighted by molar-refractivity contribution is 0.0506. The maximum atomic E-state index is 12.9. The summed E-state index contributed by atoms with van der Waals surface area (Å²) in [4.78, 5) is 20.9. The molecule has 158 valence electrons. The van der Waals surface area contributed by atoms with Crippen LogP contribution in [0.5, 0.6) is 0 Å². The minimum atomic E-state index is -0.195. The largest absolute Gasteiger partial charge is 0.381 e. The number of benzene rings is 2. The van der Waals surface area contributed by atoms with Gasteiger partial charge in [0.1, 0.15) is 5.82 Å². The van der Waals surface area contributed by atoms with Crippen molar-refractivity contribution in [1.82, 2.24) is 20.6 Å². The third-order valence-corrected chi connectivity index (χ3v) is 6.08. The van der Waals surface area contributed by atoms with E-state index in [1.165, 1.54) is 5.56 Å². The van der Waals surface area contributed by atoms with Gasteiger partial charge in [-0.2, -0.15) is 0 Å². The number of hydrogen-bond acceptors (Lipinski definition) is 3. The van der Waals surface area contributed by atoms with Gasteiger partial charge in [0.15, 0.2) is 0 Å². The Bertz CT molecular complexity index is 944. The van der Waals surface area contributed by atoms with E-state index in [2.05, 4.69) is 58.7 Å². The normalized spacial score (nSPS) is 17.0. The number of aromatic amines is 1. The van der Waals surface area contributed by atoms with Gasteiger partial charge in [-0.25, -0.2) is 9.78 Å². The van der Waals surface area contributed by atoms with Gasteiger partial charge in [0.25, 0.3) is 0 Å². The molecule has 1 atom stereocenters. The molecule has 1 aliphatic heterocycles. The number of hydrogen-bond donors (Lipinski definition) is 3. The van der Waals surface area contributed by atoms with Crippen molar-refractivity contribution in [2.45, 2.75) is 38.1 Å². The number of nitrogens with zero attached hydrogens (tertiary/aromatic N) is 1. The van der Waals surface area contributed by atoms with Crippen LogP contribution >= 0.6 is 0 Å². The first-order valence-corrected chi connectivity index (χ1v) is 10.7. The highest BCUT2D eigenvalue weighted by Gasteiger charge is 2.35. The van der Waals surface area contributed by atoms with E-state index in [0.29, 0.717) is 19.8 Å². The molecule has 2 heterocycles. The second kappa shape index (κ2) is 8.88. The molecule has 0 spiro atoms. The number of amides is 2. The van der Waals surface area contributed by atoms with Crippen molar-refractivity contribution in [3.8, 4) is 0 Å². The van der Waals surface area contributed by atoms with Crippen molar-refractivity contribution < 1.29 is 9.53 Å². The second-order valence-corrected chi connectivity index (χ2v) is 8.45. The maximum absolute atomic E-state index is 12.9. The van der Waals surface area contributed by atoms with E-state index < -0.39 is 0 Å². The number of fused-ring (bicyclic) bond motifs is 1. The zero-order chi connectivity index (χ0) is 21.0. The number of urea groups is 1. The summed E-state index contributed by atoms with van der Waals surface area (Å²) in [6.07, 6.45) is 1.79. The van der Waals surface area contributed by atoms with Crippen LogP contribution in [-0.4, -0.2) is 35.8 Å². The first-order chi connectivity index (χ1) is 14.6. The van der Waals surface area contributed by atoms with Gasteiger partial charge in [-0.05, 0) is 36.5 Å². The van der Waals surface area contributed by atoms with Crippen LogP contribution in [0.2, 0.25) is 0 Å². The molecule has 0 aliphatic carbocycles. The van der Waals surface area contributed by atoms with Gasteiger partial charge in [0.05, 0.1) is 17.1 Å². The maximum Gasteiger partial charge on any atom is 0.315 e. The number of carbonyl (C=O) groups excluding carboxylic acids is 1. The van der Waals surface area contributed by atoms with Gasteiger partial charge in [0, 0.05) is 25.2 Å². The van der Waals surface area contributed by atoms with Crippen LogP contribution in [0.25, 0.3) is 11.0 Å². The van der Waals surface area contributed by atoms with Crippen molar-refractivity contribution in [1.29, 1.82) is 0 Å². The van der Waals surface area contributed by atoms with Gasteiger partial charge in [-0.15, -0.1) is 0 Å². The lowest BCUT2D eigenvalue weighted by atomic mass is 9.74. The molecule has 0 bridgehead atoms. The number of rotatable bonds is 6. The molecule has 3 N–H and O–H groups in total. The van der Waals surface area contributed by atoms with E-state index in [4.69, 9.17) is 4.74 Å². The number of imidazole rings is 1. The molecular formula is C24H30N4O2. The number of H-pyrrole nitrogens is 1. The Morgan fingerprint density at radius 3 is 2.50 bits per heavy atom. The number of nitrogens with one attached hydrogen (secondary N) is 3. The van der Waals surface area contributed by atoms with Crippen LogP contribution < -0.4 is 10.6 Å². The Hall–Kier alpha value is -2.86. The molecule has 1 fully saturated rings.